The third-order valence-corrected chi connectivity index (χ3v) is 4.24. The quantitative estimate of drug-likeness (QED) is 0.802. The second-order valence-electron chi connectivity index (χ2n) is 4.90. The largest absolute Gasteiger partial charge is 0.304 e. The predicted octanol–water partition coefficient (Wildman–Crippen LogP) is 2.43. The van der Waals surface area contributed by atoms with Gasteiger partial charge >= 0.3 is 0 Å². The monoisotopic (exact) mass is 277 g/mol. The Morgan fingerprint density at radius 1 is 1.38 bits per heavy atom. The molecule has 0 atom stereocenters. The molecule has 16 heavy (non-hydrogen) atoms. The highest BCUT2D eigenvalue weighted by Crippen LogP contribution is 2.40. The summed E-state index contributed by atoms with van der Waals surface area (Å²) in [7, 11) is 0. The van der Waals surface area contributed by atoms with Crippen molar-refractivity contribution in [2.45, 2.75) is 31.5 Å². The topological polar surface area (TPSA) is 29.9 Å². The summed E-state index contributed by atoms with van der Waals surface area (Å²) in [5, 5.41) is 9.61. The normalized spacial score (nSPS) is 21.3. The Labute approximate surface area is 102 Å². The summed E-state index contributed by atoms with van der Waals surface area (Å²) in [6.07, 6.45) is 2.60. The molecule has 0 saturated heterocycles. The number of fused-ring (bicyclic) bond motifs is 3. The summed E-state index contributed by atoms with van der Waals surface area (Å²) in [5.74, 6) is 0. The zero-order valence-corrected chi connectivity index (χ0v) is 10.4. The van der Waals surface area contributed by atoms with Crippen molar-refractivity contribution < 1.29 is 0 Å². The third-order valence-electron chi connectivity index (χ3n) is 3.75. The van der Waals surface area contributed by atoms with Crippen LogP contribution in [-0.4, -0.2) is 15.3 Å². The molecule has 1 aliphatic carbocycles. The van der Waals surface area contributed by atoms with Crippen LogP contribution in [0.25, 0.3) is 10.9 Å². The first-order valence-corrected chi connectivity index (χ1v) is 6.45. The number of hydrogen-bond acceptors (Lipinski definition) is 2. The Bertz CT molecular complexity index is 583. The van der Waals surface area contributed by atoms with Crippen molar-refractivity contribution in [3.05, 3.63) is 28.4 Å². The SMILES string of the molecule is Brc1ccc2nn3c(c2c1)CNC1(CC1)C3. The van der Waals surface area contributed by atoms with Crippen LogP contribution < -0.4 is 5.32 Å². The van der Waals surface area contributed by atoms with Crippen LogP contribution in [0.5, 0.6) is 0 Å². The lowest BCUT2D eigenvalue weighted by atomic mass is 10.1. The van der Waals surface area contributed by atoms with Crippen molar-refractivity contribution in [3.8, 4) is 0 Å². The van der Waals surface area contributed by atoms with Gasteiger partial charge in [-0.05, 0) is 31.0 Å². The van der Waals surface area contributed by atoms with Crippen LogP contribution in [0.1, 0.15) is 18.5 Å². The van der Waals surface area contributed by atoms with E-state index in [4.69, 9.17) is 0 Å². The van der Waals surface area contributed by atoms with Crippen LogP contribution in [0.2, 0.25) is 0 Å². The van der Waals surface area contributed by atoms with Gasteiger partial charge in [0.2, 0.25) is 0 Å². The van der Waals surface area contributed by atoms with Crippen molar-refractivity contribution in [2.24, 2.45) is 0 Å². The maximum atomic E-state index is 4.69. The fraction of sp³-hybridized carbons (Fsp3) is 0.417. The molecule has 1 spiro atoms. The minimum Gasteiger partial charge on any atom is -0.304 e. The van der Waals surface area contributed by atoms with Gasteiger partial charge in [0.1, 0.15) is 0 Å². The van der Waals surface area contributed by atoms with E-state index in [1.54, 1.807) is 0 Å². The highest BCUT2D eigenvalue weighted by atomic mass is 79.9. The predicted molar refractivity (Wildman–Crippen MR) is 66.2 cm³/mol. The van der Waals surface area contributed by atoms with Crippen LogP contribution in [0.15, 0.2) is 22.7 Å². The maximum absolute atomic E-state index is 4.69. The molecule has 1 N–H and O–H groups in total. The Morgan fingerprint density at radius 3 is 3.06 bits per heavy atom. The minimum atomic E-state index is 0.381. The summed E-state index contributed by atoms with van der Waals surface area (Å²) < 4.78 is 3.32. The summed E-state index contributed by atoms with van der Waals surface area (Å²) in [5.41, 5.74) is 2.82. The molecule has 1 saturated carbocycles. The molecule has 4 rings (SSSR count). The van der Waals surface area contributed by atoms with Gasteiger partial charge in [-0.25, -0.2) is 0 Å². The van der Waals surface area contributed by atoms with Crippen LogP contribution >= 0.6 is 15.9 Å². The summed E-state index contributed by atoms with van der Waals surface area (Å²) >= 11 is 3.52. The number of nitrogens with zero attached hydrogens (tertiary/aromatic N) is 2. The zero-order chi connectivity index (χ0) is 10.8. The van der Waals surface area contributed by atoms with E-state index >= 15 is 0 Å². The van der Waals surface area contributed by atoms with Crippen LogP contribution in [-0.2, 0) is 13.1 Å². The van der Waals surface area contributed by atoms with E-state index in [-0.39, 0.29) is 0 Å². The van der Waals surface area contributed by atoms with E-state index in [1.807, 2.05) is 0 Å². The first kappa shape index (κ1) is 9.19. The van der Waals surface area contributed by atoms with E-state index in [1.165, 1.54) is 23.9 Å². The first-order valence-electron chi connectivity index (χ1n) is 5.66. The summed E-state index contributed by atoms with van der Waals surface area (Å²) in [6, 6.07) is 6.31. The molecule has 2 aromatic rings. The molecular formula is C12H12BrN3. The Hall–Kier alpha value is -0.870. The summed E-state index contributed by atoms with van der Waals surface area (Å²) in [6.45, 7) is 1.99. The van der Waals surface area contributed by atoms with Gasteiger partial charge in [-0.1, -0.05) is 15.9 Å². The van der Waals surface area contributed by atoms with Gasteiger partial charge in [0, 0.05) is 21.9 Å². The molecule has 0 radical (unpaired) electrons. The first-order chi connectivity index (χ1) is 7.76. The maximum Gasteiger partial charge on any atom is 0.0927 e. The van der Waals surface area contributed by atoms with Crippen LogP contribution in [0.4, 0.5) is 0 Å². The van der Waals surface area contributed by atoms with E-state index in [0.29, 0.717) is 5.54 Å². The van der Waals surface area contributed by atoms with Gasteiger partial charge in [0.05, 0.1) is 17.8 Å². The van der Waals surface area contributed by atoms with Crippen LogP contribution in [0.3, 0.4) is 0 Å². The molecule has 0 unspecified atom stereocenters. The van der Waals surface area contributed by atoms with Gasteiger partial charge in [-0.2, -0.15) is 5.10 Å². The molecule has 1 aromatic carbocycles. The summed E-state index contributed by atoms with van der Waals surface area (Å²) in [4.78, 5) is 0. The van der Waals surface area contributed by atoms with E-state index < -0.39 is 0 Å². The van der Waals surface area contributed by atoms with Crippen molar-refractivity contribution in [1.82, 2.24) is 15.1 Å². The molecule has 4 heteroatoms. The van der Waals surface area contributed by atoms with Crippen molar-refractivity contribution in [3.63, 3.8) is 0 Å². The number of rotatable bonds is 0. The van der Waals surface area contributed by atoms with E-state index in [0.717, 1.165) is 23.1 Å². The highest BCUT2D eigenvalue weighted by molar-refractivity contribution is 9.10. The second kappa shape index (κ2) is 2.87. The van der Waals surface area contributed by atoms with Gasteiger partial charge in [0.15, 0.2) is 0 Å². The molecule has 1 fully saturated rings. The molecule has 1 aromatic heterocycles. The lowest BCUT2D eigenvalue weighted by Crippen LogP contribution is -2.41. The Morgan fingerprint density at radius 2 is 2.25 bits per heavy atom. The molecule has 2 heterocycles. The fourth-order valence-corrected chi connectivity index (χ4v) is 2.93. The average molecular weight is 278 g/mol. The number of nitrogens with one attached hydrogen (secondary N) is 1. The second-order valence-corrected chi connectivity index (χ2v) is 5.82. The van der Waals surface area contributed by atoms with E-state index in [9.17, 15) is 0 Å². The molecule has 82 valence electrons. The molecule has 0 bridgehead atoms. The van der Waals surface area contributed by atoms with Crippen LogP contribution in [0, 0.1) is 0 Å². The Balaban J connectivity index is 1.93. The van der Waals surface area contributed by atoms with Crippen molar-refractivity contribution in [1.29, 1.82) is 0 Å². The standard InChI is InChI=1S/C12H12BrN3/c13-8-1-2-10-9(5-8)11-6-14-12(3-4-12)7-16(11)15-10/h1-2,5,14H,3-4,6-7H2. The molecular weight excluding hydrogens is 266 g/mol. The number of aromatic nitrogens is 2. The van der Waals surface area contributed by atoms with Gasteiger partial charge < -0.3 is 5.32 Å². The van der Waals surface area contributed by atoms with Gasteiger partial charge in [-0.15, -0.1) is 0 Å². The van der Waals surface area contributed by atoms with Gasteiger partial charge in [0.25, 0.3) is 0 Å². The fourth-order valence-electron chi connectivity index (χ4n) is 2.57. The number of hydrogen-bond donors (Lipinski definition) is 1. The molecule has 0 amide bonds. The molecule has 2 aliphatic rings. The Kier molecular flexibility index (Phi) is 1.65. The lowest BCUT2D eigenvalue weighted by molar-refractivity contribution is 0.354. The molecule has 1 aliphatic heterocycles. The average Bonchev–Trinajstić information content (AvgIpc) is 2.91. The lowest BCUT2D eigenvalue weighted by Gasteiger charge is -2.24. The number of halogens is 1. The minimum absolute atomic E-state index is 0.381. The highest BCUT2D eigenvalue weighted by Gasteiger charge is 2.45. The van der Waals surface area contributed by atoms with Crippen molar-refractivity contribution >= 4 is 26.8 Å². The smallest absolute Gasteiger partial charge is 0.0927 e. The molecule has 3 nitrogen and oxygen atoms in total. The van der Waals surface area contributed by atoms with E-state index in [2.05, 4.69) is 49.2 Å². The number of benzene rings is 1. The zero-order valence-electron chi connectivity index (χ0n) is 8.83. The third kappa shape index (κ3) is 1.20. The van der Waals surface area contributed by atoms with Gasteiger partial charge in [-0.3, -0.25) is 4.68 Å². The van der Waals surface area contributed by atoms with Crippen molar-refractivity contribution in [2.75, 3.05) is 0 Å².